The summed E-state index contributed by atoms with van der Waals surface area (Å²) >= 11 is 1.12. The van der Waals surface area contributed by atoms with E-state index in [1.54, 1.807) is 25.7 Å². The van der Waals surface area contributed by atoms with Crippen molar-refractivity contribution in [2.24, 2.45) is 0 Å². The van der Waals surface area contributed by atoms with Gasteiger partial charge in [-0.15, -0.1) is 11.3 Å². The molecule has 1 unspecified atom stereocenters. The summed E-state index contributed by atoms with van der Waals surface area (Å²) in [6, 6.07) is -0.182. The maximum absolute atomic E-state index is 12.7. The summed E-state index contributed by atoms with van der Waals surface area (Å²) in [4.78, 5) is 42.2. The fourth-order valence-corrected chi connectivity index (χ4v) is 3.77. The van der Waals surface area contributed by atoms with Crippen LogP contribution in [0.4, 0.5) is 4.79 Å². The highest BCUT2D eigenvalue weighted by atomic mass is 32.1. The second-order valence-electron chi connectivity index (χ2n) is 9.00. The van der Waals surface area contributed by atoms with Gasteiger partial charge in [0.1, 0.15) is 10.5 Å². The van der Waals surface area contributed by atoms with E-state index < -0.39 is 17.7 Å². The lowest BCUT2D eigenvalue weighted by Crippen LogP contribution is -2.41. The van der Waals surface area contributed by atoms with Crippen LogP contribution in [0, 0.1) is 0 Å². The van der Waals surface area contributed by atoms with E-state index in [4.69, 9.17) is 4.74 Å². The van der Waals surface area contributed by atoms with Gasteiger partial charge in [0.15, 0.2) is 0 Å². The van der Waals surface area contributed by atoms with Crippen molar-refractivity contribution in [1.82, 2.24) is 15.2 Å². The predicted octanol–water partition coefficient (Wildman–Crippen LogP) is 2.81. The minimum absolute atomic E-state index is 0.0621. The maximum atomic E-state index is 12.7. The molecule has 1 aliphatic heterocycles. The standard InChI is InChI=1S/C19H29N3O5S/c1-18(2,3)16-21-12(14(28-16)15(24)25)9-13(23)22-8-7-11(10-22)20-17(26)27-19(4,5)6/h11H,7-10H2,1-6H3,(H,20,26)(H,24,25). The van der Waals surface area contributed by atoms with E-state index in [-0.39, 0.29) is 28.7 Å². The molecule has 9 heteroatoms. The lowest BCUT2D eigenvalue weighted by atomic mass is 9.98. The van der Waals surface area contributed by atoms with Gasteiger partial charge in [-0.2, -0.15) is 0 Å². The Hall–Kier alpha value is -2.16. The summed E-state index contributed by atoms with van der Waals surface area (Å²) in [6.45, 7) is 12.1. The molecule has 2 rings (SSSR count). The fourth-order valence-electron chi connectivity index (χ4n) is 2.79. The molecule has 1 aromatic rings. The molecule has 0 spiro atoms. The Balaban J connectivity index is 2.00. The molecule has 8 nitrogen and oxygen atoms in total. The van der Waals surface area contributed by atoms with Crippen molar-refractivity contribution < 1.29 is 24.2 Å². The lowest BCUT2D eigenvalue weighted by Gasteiger charge is -2.22. The number of hydrogen-bond donors (Lipinski definition) is 2. The number of nitrogens with one attached hydrogen (secondary N) is 1. The number of carboxylic acid groups (broad SMARTS) is 1. The number of hydrogen-bond acceptors (Lipinski definition) is 6. The van der Waals surface area contributed by atoms with Crippen molar-refractivity contribution >= 4 is 29.3 Å². The van der Waals surface area contributed by atoms with Gasteiger partial charge in [-0.25, -0.2) is 14.6 Å². The minimum Gasteiger partial charge on any atom is -0.477 e. The first kappa shape index (κ1) is 22.1. The molecule has 0 bridgehead atoms. The molecule has 2 heterocycles. The Bertz CT molecular complexity index is 761. The van der Waals surface area contributed by atoms with E-state index in [1.165, 1.54) is 0 Å². The van der Waals surface area contributed by atoms with Gasteiger partial charge in [-0.3, -0.25) is 4.79 Å². The molecule has 2 amide bonds. The number of aromatic carboxylic acids is 1. The molecule has 0 aromatic carbocycles. The molecule has 2 N–H and O–H groups in total. The largest absolute Gasteiger partial charge is 0.477 e. The zero-order valence-corrected chi connectivity index (χ0v) is 18.1. The molecule has 156 valence electrons. The van der Waals surface area contributed by atoms with E-state index >= 15 is 0 Å². The zero-order chi connectivity index (χ0) is 21.3. The summed E-state index contributed by atoms with van der Waals surface area (Å²) in [5.41, 5.74) is -0.566. The van der Waals surface area contributed by atoms with Gasteiger partial charge in [0.25, 0.3) is 0 Å². The van der Waals surface area contributed by atoms with E-state index in [1.807, 2.05) is 20.8 Å². The Morgan fingerprint density at radius 2 is 1.89 bits per heavy atom. The first-order chi connectivity index (χ1) is 12.8. The van der Waals surface area contributed by atoms with Crippen molar-refractivity contribution in [3.63, 3.8) is 0 Å². The third-order valence-corrected chi connectivity index (χ3v) is 5.63. The third-order valence-electron chi connectivity index (χ3n) is 4.11. The summed E-state index contributed by atoms with van der Waals surface area (Å²) in [7, 11) is 0. The second kappa shape index (κ2) is 8.06. The van der Waals surface area contributed by atoms with Crippen LogP contribution in [0.1, 0.15) is 68.3 Å². The van der Waals surface area contributed by atoms with Gasteiger partial charge in [0.2, 0.25) is 5.91 Å². The van der Waals surface area contributed by atoms with E-state index in [9.17, 15) is 19.5 Å². The van der Waals surface area contributed by atoms with Crippen LogP contribution in [0.2, 0.25) is 0 Å². The first-order valence-corrected chi connectivity index (χ1v) is 10.1. The van der Waals surface area contributed by atoms with Gasteiger partial charge in [-0.05, 0) is 27.2 Å². The van der Waals surface area contributed by atoms with Gasteiger partial charge >= 0.3 is 12.1 Å². The molecule has 0 saturated carbocycles. The molecular weight excluding hydrogens is 382 g/mol. The molecular formula is C19H29N3O5S. The van der Waals surface area contributed by atoms with Crippen LogP contribution in [0.5, 0.6) is 0 Å². The van der Waals surface area contributed by atoms with E-state index in [0.29, 0.717) is 30.2 Å². The normalized spacial score (nSPS) is 17.5. The minimum atomic E-state index is -1.07. The average Bonchev–Trinajstić information content (AvgIpc) is 3.11. The summed E-state index contributed by atoms with van der Waals surface area (Å²) in [5.74, 6) is -1.26. The molecule has 28 heavy (non-hydrogen) atoms. The highest BCUT2D eigenvalue weighted by Crippen LogP contribution is 2.30. The smallest absolute Gasteiger partial charge is 0.407 e. The Labute approximate surface area is 169 Å². The number of amides is 2. The number of carbonyl (C=O) groups is 3. The third kappa shape index (κ3) is 5.92. The Morgan fingerprint density at radius 3 is 2.43 bits per heavy atom. The molecule has 0 radical (unpaired) electrons. The summed E-state index contributed by atoms with van der Waals surface area (Å²) < 4.78 is 5.24. The van der Waals surface area contributed by atoms with Gasteiger partial charge < -0.3 is 20.1 Å². The number of nitrogens with zero attached hydrogens (tertiary/aromatic N) is 2. The SMILES string of the molecule is CC(C)(C)OC(=O)NC1CCN(C(=O)Cc2nc(C(C)(C)C)sc2C(=O)O)C1. The highest BCUT2D eigenvalue weighted by molar-refractivity contribution is 7.13. The number of carboxylic acids is 1. The Morgan fingerprint density at radius 1 is 1.25 bits per heavy atom. The number of likely N-dealkylation sites (tertiary alicyclic amines) is 1. The molecule has 1 aliphatic rings. The van der Waals surface area contributed by atoms with E-state index in [2.05, 4.69) is 10.3 Å². The van der Waals surface area contributed by atoms with Crippen molar-refractivity contribution in [1.29, 1.82) is 0 Å². The summed E-state index contributed by atoms with van der Waals surface area (Å²) in [6.07, 6.45) is 0.0586. The number of rotatable bonds is 4. The number of ether oxygens (including phenoxy) is 1. The topological polar surface area (TPSA) is 109 Å². The van der Waals surface area contributed by atoms with Crippen LogP contribution in [0.25, 0.3) is 0 Å². The average molecular weight is 412 g/mol. The summed E-state index contributed by atoms with van der Waals surface area (Å²) in [5, 5.41) is 12.9. The van der Waals surface area contributed by atoms with Crippen LogP contribution in [0.15, 0.2) is 0 Å². The second-order valence-corrected chi connectivity index (χ2v) is 10.00. The van der Waals surface area contributed by atoms with Crippen LogP contribution < -0.4 is 5.32 Å². The van der Waals surface area contributed by atoms with Crippen molar-refractivity contribution in [3.05, 3.63) is 15.6 Å². The number of alkyl carbamates (subject to hydrolysis) is 1. The van der Waals surface area contributed by atoms with E-state index in [0.717, 1.165) is 11.3 Å². The quantitative estimate of drug-likeness (QED) is 0.789. The first-order valence-electron chi connectivity index (χ1n) is 9.27. The lowest BCUT2D eigenvalue weighted by molar-refractivity contribution is -0.129. The fraction of sp³-hybridized carbons (Fsp3) is 0.684. The number of carbonyl (C=O) groups excluding carboxylic acids is 2. The van der Waals surface area contributed by atoms with Crippen LogP contribution in [-0.4, -0.2) is 57.7 Å². The number of thiazole rings is 1. The van der Waals surface area contributed by atoms with Crippen LogP contribution >= 0.6 is 11.3 Å². The molecule has 1 atom stereocenters. The monoisotopic (exact) mass is 411 g/mol. The molecule has 1 aromatic heterocycles. The zero-order valence-electron chi connectivity index (χ0n) is 17.3. The van der Waals surface area contributed by atoms with Crippen LogP contribution in [0.3, 0.4) is 0 Å². The van der Waals surface area contributed by atoms with Crippen molar-refractivity contribution in [3.8, 4) is 0 Å². The molecule has 1 saturated heterocycles. The van der Waals surface area contributed by atoms with Gasteiger partial charge in [0.05, 0.1) is 23.2 Å². The Kier molecular flexibility index (Phi) is 6.37. The number of aromatic nitrogens is 1. The molecule has 1 fully saturated rings. The van der Waals surface area contributed by atoms with Crippen LogP contribution in [-0.2, 0) is 21.4 Å². The molecule has 0 aliphatic carbocycles. The van der Waals surface area contributed by atoms with Gasteiger partial charge in [0, 0.05) is 18.5 Å². The van der Waals surface area contributed by atoms with Crippen molar-refractivity contribution in [2.75, 3.05) is 13.1 Å². The maximum Gasteiger partial charge on any atom is 0.407 e. The highest BCUT2D eigenvalue weighted by Gasteiger charge is 2.31. The van der Waals surface area contributed by atoms with Gasteiger partial charge in [-0.1, -0.05) is 20.8 Å². The predicted molar refractivity (Wildman–Crippen MR) is 106 cm³/mol. The van der Waals surface area contributed by atoms with Crippen molar-refractivity contribution in [2.45, 2.75) is 71.4 Å².